The van der Waals surface area contributed by atoms with E-state index < -0.39 is 0 Å². The lowest BCUT2D eigenvalue weighted by atomic mass is 10.2. The van der Waals surface area contributed by atoms with Crippen molar-refractivity contribution in [3.63, 3.8) is 0 Å². The minimum absolute atomic E-state index is 0.438. The number of aromatic nitrogens is 6. The molecule has 7 nitrogen and oxygen atoms in total. The maximum absolute atomic E-state index is 6.11. The van der Waals surface area contributed by atoms with Gasteiger partial charge in [0.1, 0.15) is 0 Å². The van der Waals surface area contributed by atoms with Crippen LogP contribution in [0.5, 0.6) is 0 Å². The van der Waals surface area contributed by atoms with E-state index in [0.29, 0.717) is 22.5 Å². The predicted octanol–water partition coefficient (Wildman–Crippen LogP) is 1.98. The molecule has 96 valence electrons. The van der Waals surface area contributed by atoms with Crippen LogP contribution in [0.4, 0.5) is 5.13 Å². The fourth-order valence-corrected chi connectivity index (χ4v) is 2.51. The van der Waals surface area contributed by atoms with Crippen LogP contribution >= 0.6 is 22.9 Å². The Kier molecular flexibility index (Phi) is 3.34. The van der Waals surface area contributed by atoms with E-state index in [2.05, 4.69) is 36.1 Å². The number of hydrogen-bond acceptors (Lipinski definition) is 7. The Hall–Kier alpha value is -2.06. The lowest BCUT2D eigenvalue weighted by Crippen LogP contribution is -2.00. The van der Waals surface area contributed by atoms with E-state index in [-0.39, 0.29) is 0 Å². The molecule has 0 bridgehead atoms. The van der Waals surface area contributed by atoms with E-state index in [4.69, 9.17) is 11.6 Å². The van der Waals surface area contributed by atoms with Crippen molar-refractivity contribution in [1.82, 2.24) is 30.8 Å². The third kappa shape index (κ3) is 2.69. The summed E-state index contributed by atoms with van der Waals surface area (Å²) in [7, 11) is 0. The first kappa shape index (κ1) is 12.0. The van der Waals surface area contributed by atoms with Gasteiger partial charge < -0.3 is 5.32 Å². The number of aromatic amines is 1. The van der Waals surface area contributed by atoms with Gasteiger partial charge in [-0.1, -0.05) is 46.4 Å². The maximum Gasteiger partial charge on any atom is 0.206 e. The highest BCUT2D eigenvalue weighted by molar-refractivity contribution is 7.18. The highest BCUT2D eigenvalue weighted by atomic mass is 35.5. The Morgan fingerprint density at radius 2 is 2.11 bits per heavy atom. The van der Waals surface area contributed by atoms with Crippen LogP contribution in [0.2, 0.25) is 5.02 Å². The number of hydrogen-bond donors (Lipinski definition) is 2. The van der Waals surface area contributed by atoms with Crippen LogP contribution in [0.3, 0.4) is 0 Å². The largest absolute Gasteiger partial charge is 0.353 e. The molecule has 2 aromatic heterocycles. The van der Waals surface area contributed by atoms with Crippen molar-refractivity contribution in [2.45, 2.75) is 6.54 Å². The average molecular weight is 294 g/mol. The molecule has 0 radical (unpaired) electrons. The minimum atomic E-state index is 0.438. The second-order valence-corrected chi connectivity index (χ2v) is 4.96. The molecule has 0 aliphatic carbocycles. The molecule has 0 aliphatic rings. The normalized spacial score (nSPS) is 10.6. The summed E-state index contributed by atoms with van der Waals surface area (Å²) in [5.41, 5.74) is 0.870. The second-order valence-electron chi connectivity index (χ2n) is 3.57. The standard InChI is InChI=1S/C10H8ClN7S/c11-7-4-2-1-3-6(7)9-15-16-10(19-9)12-5-8-13-17-18-14-8/h1-4H,5H2,(H,12,16)(H,13,14,17,18). The first-order valence-electron chi connectivity index (χ1n) is 5.37. The van der Waals surface area contributed by atoms with Gasteiger partial charge in [-0.2, -0.15) is 5.21 Å². The Bertz CT molecular complexity index is 666. The van der Waals surface area contributed by atoms with Gasteiger partial charge in [0.25, 0.3) is 0 Å². The van der Waals surface area contributed by atoms with E-state index in [1.165, 1.54) is 11.3 Å². The topological polar surface area (TPSA) is 92.3 Å². The Balaban J connectivity index is 1.75. The monoisotopic (exact) mass is 293 g/mol. The van der Waals surface area contributed by atoms with Crippen molar-refractivity contribution in [3.05, 3.63) is 35.1 Å². The third-order valence-electron chi connectivity index (χ3n) is 2.32. The fourth-order valence-electron chi connectivity index (χ4n) is 1.45. The number of anilines is 1. The molecule has 3 aromatic rings. The molecule has 0 saturated heterocycles. The van der Waals surface area contributed by atoms with Crippen LogP contribution in [0.15, 0.2) is 24.3 Å². The van der Waals surface area contributed by atoms with Crippen molar-refractivity contribution in [3.8, 4) is 10.6 Å². The van der Waals surface area contributed by atoms with Crippen molar-refractivity contribution >= 4 is 28.1 Å². The predicted molar refractivity (Wildman–Crippen MR) is 71.9 cm³/mol. The highest BCUT2D eigenvalue weighted by Gasteiger charge is 2.09. The average Bonchev–Trinajstić information content (AvgIpc) is 3.08. The van der Waals surface area contributed by atoms with Gasteiger partial charge in [-0.25, -0.2) is 0 Å². The fraction of sp³-hybridized carbons (Fsp3) is 0.100. The molecule has 0 saturated carbocycles. The molecule has 19 heavy (non-hydrogen) atoms. The van der Waals surface area contributed by atoms with Gasteiger partial charge in [0.2, 0.25) is 5.13 Å². The summed E-state index contributed by atoms with van der Waals surface area (Å²) in [5.74, 6) is 0.564. The van der Waals surface area contributed by atoms with Gasteiger partial charge in [-0.3, -0.25) is 0 Å². The van der Waals surface area contributed by atoms with Crippen molar-refractivity contribution < 1.29 is 0 Å². The number of halogens is 1. The Morgan fingerprint density at radius 3 is 2.89 bits per heavy atom. The van der Waals surface area contributed by atoms with Crippen LogP contribution in [0.25, 0.3) is 10.6 Å². The van der Waals surface area contributed by atoms with E-state index in [0.717, 1.165) is 10.6 Å². The zero-order chi connectivity index (χ0) is 13.1. The number of nitrogens with one attached hydrogen (secondary N) is 2. The van der Waals surface area contributed by atoms with Gasteiger partial charge in [-0.05, 0) is 6.07 Å². The Labute approximate surface area is 117 Å². The summed E-state index contributed by atoms with van der Waals surface area (Å²) < 4.78 is 0. The first-order chi connectivity index (χ1) is 9.33. The van der Waals surface area contributed by atoms with Crippen LogP contribution < -0.4 is 5.32 Å². The maximum atomic E-state index is 6.11. The molecule has 1 aromatic carbocycles. The lowest BCUT2D eigenvalue weighted by Gasteiger charge is -1.97. The zero-order valence-corrected chi connectivity index (χ0v) is 11.1. The quantitative estimate of drug-likeness (QED) is 0.764. The van der Waals surface area contributed by atoms with E-state index in [1.54, 1.807) is 0 Å². The van der Waals surface area contributed by atoms with Gasteiger partial charge in [0, 0.05) is 5.56 Å². The number of benzene rings is 1. The molecule has 3 rings (SSSR count). The van der Waals surface area contributed by atoms with Crippen molar-refractivity contribution in [2.75, 3.05) is 5.32 Å². The summed E-state index contributed by atoms with van der Waals surface area (Å²) in [6.45, 7) is 0.438. The molecule has 2 heterocycles. The van der Waals surface area contributed by atoms with Crippen molar-refractivity contribution in [2.24, 2.45) is 0 Å². The molecule has 0 atom stereocenters. The second kappa shape index (κ2) is 5.29. The Morgan fingerprint density at radius 1 is 1.21 bits per heavy atom. The molecule has 0 aliphatic heterocycles. The number of rotatable bonds is 4. The summed E-state index contributed by atoms with van der Waals surface area (Å²) >= 11 is 7.53. The molecule has 2 N–H and O–H groups in total. The van der Waals surface area contributed by atoms with Gasteiger partial charge in [0.05, 0.1) is 11.6 Å². The lowest BCUT2D eigenvalue weighted by molar-refractivity contribution is 0.881. The van der Waals surface area contributed by atoms with E-state index in [1.807, 2.05) is 24.3 Å². The van der Waals surface area contributed by atoms with E-state index >= 15 is 0 Å². The summed E-state index contributed by atoms with van der Waals surface area (Å²) in [6, 6.07) is 7.52. The van der Waals surface area contributed by atoms with Crippen LogP contribution in [-0.4, -0.2) is 30.8 Å². The van der Waals surface area contributed by atoms with Gasteiger partial charge in [0.15, 0.2) is 10.8 Å². The molecular weight excluding hydrogens is 286 g/mol. The van der Waals surface area contributed by atoms with Crippen molar-refractivity contribution in [1.29, 1.82) is 0 Å². The van der Waals surface area contributed by atoms with Gasteiger partial charge in [-0.15, -0.1) is 20.4 Å². The van der Waals surface area contributed by atoms with E-state index in [9.17, 15) is 0 Å². The highest BCUT2D eigenvalue weighted by Crippen LogP contribution is 2.31. The number of nitrogens with zero attached hydrogens (tertiary/aromatic N) is 5. The first-order valence-corrected chi connectivity index (χ1v) is 6.57. The number of H-pyrrole nitrogens is 1. The molecule has 9 heteroatoms. The summed E-state index contributed by atoms with van der Waals surface area (Å²) in [5, 5.41) is 26.9. The van der Waals surface area contributed by atoms with Crippen LogP contribution in [-0.2, 0) is 6.54 Å². The molecule has 0 unspecified atom stereocenters. The zero-order valence-electron chi connectivity index (χ0n) is 9.54. The molecule has 0 amide bonds. The SMILES string of the molecule is Clc1ccccc1-c1nnc(NCc2nn[nH]n2)s1. The molecule has 0 spiro atoms. The van der Waals surface area contributed by atoms with Gasteiger partial charge >= 0.3 is 0 Å². The molecular formula is C10H8ClN7S. The smallest absolute Gasteiger partial charge is 0.206 e. The van der Waals surface area contributed by atoms with Crippen LogP contribution in [0.1, 0.15) is 5.82 Å². The summed E-state index contributed by atoms with van der Waals surface area (Å²) in [4.78, 5) is 0. The van der Waals surface area contributed by atoms with Crippen LogP contribution in [0, 0.1) is 0 Å². The number of tetrazole rings is 1. The third-order valence-corrected chi connectivity index (χ3v) is 3.56. The minimum Gasteiger partial charge on any atom is -0.353 e. The molecule has 0 fully saturated rings. The summed E-state index contributed by atoms with van der Waals surface area (Å²) in [6.07, 6.45) is 0.